The molecule has 2 aromatic rings. The van der Waals surface area contributed by atoms with Crippen molar-refractivity contribution in [2.45, 2.75) is 25.8 Å². The molecule has 2 heterocycles. The summed E-state index contributed by atoms with van der Waals surface area (Å²) in [7, 11) is 1.92. The van der Waals surface area contributed by atoms with Gasteiger partial charge in [-0.1, -0.05) is 6.92 Å². The Balaban J connectivity index is 1.89. The molecular formula is C13H18FN5. The van der Waals surface area contributed by atoms with E-state index in [-0.39, 0.29) is 11.9 Å². The van der Waals surface area contributed by atoms with E-state index in [2.05, 4.69) is 27.4 Å². The van der Waals surface area contributed by atoms with Crippen LogP contribution in [0.2, 0.25) is 0 Å². The third-order valence-corrected chi connectivity index (χ3v) is 3.06. The van der Waals surface area contributed by atoms with Gasteiger partial charge in [-0.2, -0.15) is 0 Å². The fourth-order valence-corrected chi connectivity index (χ4v) is 1.94. The van der Waals surface area contributed by atoms with Crippen molar-refractivity contribution in [3.8, 4) is 0 Å². The van der Waals surface area contributed by atoms with E-state index in [1.165, 1.54) is 12.3 Å². The van der Waals surface area contributed by atoms with Crippen LogP contribution in [0.5, 0.6) is 0 Å². The number of aromatic nitrogens is 4. The second kappa shape index (κ2) is 6.38. The van der Waals surface area contributed by atoms with Crippen molar-refractivity contribution in [2.75, 3.05) is 6.54 Å². The highest BCUT2D eigenvalue weighted by Gasteiger charge is 2.10. The molecule has 0 aliphatic carbocycles. The first-order chi connectivity index (χ1) is 9.20. The second-order valence-electron chi connectivity index (χ2n) is 4.42. The summed E-state index contributed by atoms with van der Waals surface area (Å²) in [6.45, 7) is 2.86. The molecule has 2 aromatic heterocycles. The average molecular weight is 263 g/mol. The van der Waals surface area contributed by atoms with E-state index >= 15 is 0 Å². The molecule has 6 heteroatoms. The van der Waals surface area contributed by atoms with Gasteiger partial charge in [0.1, 0.15) is 18.0 Å². The summed E-state index contributed by atoms with van der Waals surface area (Å²) in [5, 5.41) is 11.3. The normalized spacial score (nSPS) is 12.6. The molecule has 2 rings (SSSR count). The zero-order valence-corrected chi connectivity index (χ0v) is 11.2. The Labute approximate surface area is 111 Å². The van der Waals surface area contributed by atoms with Crippen LogP contribution in [-0.4, -0.2) is 26.3 Å². The van der Waals surface area contributed by atoms with E-state index in [1.807, 2.05) is 11.6 Å². The molecule has 0 amide bonds. The van der Waals surface area contributed by atoms with E-state index < -0.39 is 0 Å². The number of nitrogens with zero attached hydrogens (tertiary/aromatic N) is 4. The predicted octanol–water partition coefficient (Wildman–Crippen LogP) is 1.63. The van der Waals surface area contributed by atoms with Crippen LogP contribution >= 0.6 is 0 Å². The maximum atomic E-state index is 12.8. The Morgan fingerprint density at radius 2 is 2.26 bits per heavy atom. The highest BCUT2D eigenvalue weighted by molar-refractivity contribution is 5.09. The molecule has 0 radical (unpaired) electrons. The Bertz CT molecular complexity index is 508. The van der Waals surface area contributed by atoms with Crippen LogP contribution in [0.1, 0.15) is 30.9 Å². The van der Waals surface area contributed by atoms with Crippen molar-refractivity contribution in [3.63, 3.8) is 0 Å². The van der Waals surface area contributed by atoms with Crippen molar-refractivity contribution in [1.29, 1.82) is 0 Å². The SMILES string of the molecule is CCC(NCCc1nncn1C)c1ccc(F)cn1. The zero-order valence-electron chi connectivity index (χ0n) is 11.2. The molecule has 0 aliphatic rings. The number of rotatable bonds is 6. The summed E-state index contributed by atoms with van der Waals surface area (Å²) >= 11 is 0. The number of hydrogen-bond donors (Lipinski definition) is 1. The van der Waals surface area contributed by atoms with Gasteiger partial charge in [-0.3, -0.25) is 4.98 Å². The first-order valence-electron chi connectivity index (χ1n) is 6.38. The van der Waals surface area contributed by atoms with Gasteiger partial charge < -0.3 is 9.88 Å². The van der Waals surface area contributed by atoms with E-state index in [9.17, 15) is 4.39 Å². The first kappa shape index (κ1) is 13.6. The van der Waals surface area contributed by atoms with Crippen LogP contribution < -0.4 is 5.32 Å². The largest absolute Gasteiger partial charge is 0.321 e. The van der Waals surface area contributed by atoms with Crippen LogP contribution in [0.15, 0.2) is 24.7 Å². The molecule has 0 saturated carbocycles. The summed E-state index contributed by atoms with van der Waals surface area (Å²) in [5.41, 5.74) is 0.863. The molecule has 0 bridgehead atoms. The van der Waals surface area contributed by atoms with Crippen molar-refractivity contribution in [2.24, 2.45) is 7.05 Å². The maximum absolute atomic E-state index is 12.8. The molecule has 1 atom stereocenters. The Hall–Kier alpha value is -1.82. The van der Waals surface area contributed by atoms with Crippen LogP contribution in [-0.2, 0) is 13.5 Å². The minimum Gasteiger partial charge on any atom is -0.321 e. The molecule has 0 spiro atoms. The summed E-state index contributed by atoms with van der Waals surface area (Å²) in [6.07, 6.45) is 4.64. The fraction of sp³-hybridized carbons (Fsp3) is 0.462. The van der Waals surface area contributed by atoms with Gasteiger partial charge in [0.05, 0.1) is 11.9 Å². The van der Waals surface area contributed by atoms with Crippen molar-refractivity contribution in [1.82, 2.24) is 25.1 Å². The molecule has 5 nitrogen and oxygen atoms in total. The Morgan fingerprint density at radius 3 is 2.84 bits per heavy atom. The van der Waals surface area contributed by atoms with E-state index in [0.29, 0.717) is 0 Å². The highest BCUT2D eigenvalue weighted by atomic mass is 19.1. The molecule has 0 aromatic carbocycles. The summed E-state index contributed by atoms with van der Waals surface area (Å²) < 4.78 is 14.7. The summed E-state index contributed by atoms with van der Waals surface area (Å²) in [6, 6.07) is 3.29. The molecule has 1 N–H and O–H groups in total. The molecule has 0 fully saturated rings. The average Bonchev–Trinajstić information content (AvgIpc) is 2.82. The Morgan fingerprint density at radius 1 is 1.42 bits per heavy atom. The van der Waals surface area contributed by atoms with Crippen molar-refractivity contribution >= 4 is 0 Å². The summed E-state index contributed by atoms with van der Waals surface area (Å²) in [4.78, 5) is 4.11. The van der Waals surface area contributed by atoms with Crippen LogP contribution in [0.3, 0.4) is 0 Å². The quantitative estimate of drug-likeness (QED) is 0.860. The monoisotopic (exact) mass is 263 g/mol. The smallest absolute Gasteiger partial charge is 0.141 e. The number of halogens is 1. The van der Waals surface area contributed by atoms with Gasteiger partial charge in [0.2, 0.25) is 0 Å². The number of hydrogen-bond acceptors (Lipinski definition) is 4. The van der Waals surface area contributed by atoms with Gasteiger partial charge in [0.25, 0.3) is 0 Å². The Kier molecular flexibility index (Phi) is 4.57. The lowest BCUT2D eigenvalue weighted by Crippen LogP contribution is -2.24. The fourth-order valence-electron chi connectivity index (χ4n) is 1.94. The first-order valence-corrected chi connectivity index (χ1v) is 6.38. The lowest BCUT2D eigenvalue weighted by Gasteiger charge is -2.16. The van der Waals surface area contributed by atoms with Crippen LogP contribution in [0.25, 0.3) is 0 Å². The maximum Gasteiger partial charge on any atom is 0.141 e. The van der Waals surface area contributed by atoms with Gasteiger partial charge in [-0.25, -0.2) is 4.39 Å². The number of pyridine rings is 1. The minimum atomic E-state index is -0.308. The van der Waals surface area contributed by atoms with Gasteiger partial charge in [-0.05, 0) is 18.6 Å². The van der Waals surface area contributed by atoms with Gasteiger partial charge >= 0.3 is 0 Å². The van der Waals surface area contributed by atoms with E-state index in [1.54, 1.807) is 12.4 Å². The highest BCUT2D eigenvalue weighted by Crippen LogP contribution is 2.13. The van der Waals surface area contributed by atoms with Gasteiger partial charge in [0, 0.05) is 26.1 Å². The third kappa shape index (κ3) is 3.57. The van der Waals surface area contributed by atoms with Crippen LogP contribution in [0.4, 0.5) is 4.39 Å². The number of nitrogens with one attached hydrogen (secondary N) is 1. The topological polar surface area (TPSA) is 55.6 Å². The molecule has 19 heavy (non-hydrogen) atoms. The molecule has 102 valence electrons. The molecular weight excluding hydrogens is 245 g/mol. The van der Waals surface area contributed by atoms with Gasteiger partial charge in [-0.15, -0.1) is 10.2 Å². The van der Waals surface area contributed by atoms with E-state index in [4.69, 9.17) is 0 Å². The summed E-state index contributed by atoms with van der Waals surface area (Å²) in [5.74, 6) is 0.632. The second-order valence-corrected chi connectivity index (χ2v) is 4.42. The van der Waals surface area contributed by atoms with E-state index in [0.717, 1.165) is 30.9 Å². The lowest BCUT2D eigenvalue weighted by atomic mass is 10.1. The predicted molar refractivity (Wildman–Crippen MR) is 69.9 cm³/mol. The minimum absolute atomic E-state index is 0.133. The zero-order chi connectivity index (χ0) is 13.7. The number of aryl methyl sites for hydroxylation is 1. The standard InChI is InChI=1S/C13H18FN5/c1-3-11(12-5-4-10(14)8-16-12)15-7-6-13-18-17-9-19(13)2/h4-5,8-9,11,15H,3,6-7H2,1-2H3. The molecule has 1 unspecified atom stereocenters. The third-order valence-electron chi connectivity index (χ3n) is 3.06. The van der Waals surface area contributed by atoms with Crippen molar-refractivity contribution < 1.29 is 4.39 Å². The van der Waals surface area contributed by atoms with Crippen LogP contribution in [0, 0.1) is 5.82 Å². The molecule has 0 saturated heterocycles. The lowest BCUT2D eigenvalue weighted by molar-refractivity contribution is 0.502. The van der Waals surface area contributed by atoms with Crippen molar-refractivity contribution in [3.05, 3.63) is 42.0 Å². The molecule has 0 aliphatic heterocycles. The van der Waals surface area contributed by atoms with Gasteiger partial charge in [0.15, 0.2) is 0 Å².